The molecule has 1 N–H and O–H groups in total. The summed E-state index contributed by atoms with van der Waals surface area (Å²) in [5, 5.41) is 2.42. The second kappa shape index (κ2) is 11.5. The second-order valence-corrected chi connectivity index (χ2v) is 4.32. The summed E-state index contributed by atoms with van der Waals surface area (Å²) >= 11 is 0. The predicted octanol–water partition coefficient (Wildman–Crippen LogP) is 0.331. The first-order valence-electron chi connectivity index (χ1n) is 7.15. The van der Waals surface area contributed by atoms with Crippen LogP contribution in [0.15, 0.2) is 0 Å². The van der Waals surface area contributed by atoms with Gasteiger partial charge in [-0.3, -0.25) is 14.4 Å². The van der Waals surface area contributed by atoms with Gasteiger partial charge in [-0.15, -0.1) is 0 Å². The highest BCUT2D eigenvalue weighted by atomic mass is 16.5. The Labute approximate surface area is 129 Å². The molecule has 0 rings (SSSR count). The lowest BCUT2D eigenvalue weighted by atomic mass is 10.2. The third-order valence-electron chi connectivity index (χ3n) is 2.44. The SMILES string of the molecule is CCOC(=O)CC(NC(=O)CCCOC(C)=O)C(=O)OCC. The van der Waals surface area contributed by atoms with Crippen LogP contribution in [0.5, 0.6) is 0 Å². The Kier molecular flexibility index (Phi) is 10.4. The highest BCUT2D eigenvalue weighted by Crippen LogP contribution is 2.01. The average molecular weight is 317 g/mol. The van der Waals surface area contributed by atoms with Gasteiger partial charge < -0.3 is 19.5 Å². The van der Waals surface area contributed by atoms with Crippen molar-refractivity contribution in [1.82, 2.24) is 5.32 Å². The van der Waals surface area contributed by atoms with E-state index < -0.39 is 29.9 Å². The van der Waals surface area contributed by atoms with Gasteiger partial charge in [0.05, 0.1) is 26.2 Å². The van der Waals surface area contributed by atoms with Crippen LogP contribution in [0.1, 0.15) is 40.0 Å². The van der Waals surface area contributed by atoms with Crippen LogP contribution in [0.2, 0.25) is 0 Å². The van der Waals surface area contributed by atoms with E-state index in [0.29, 0.717) is 6.42 Å². The van der Waals surface area contributed by atoms with Crippen LogP contribution in [-0.2, 0) is 33.4 Å². The number of hydrogen-bond acceptors (Lipinski definition) is 7. The molecule has 1 atom stereocenters. The van der Waals surface area contributed by atoms with Crippen LogP contribution in [0.3, 0.4) is 0 Å². The summed E-state index contributed by atoms with van der Waals surface area (Å²) < 4.78 is 14.3. The predicted molar refractivity (Wildman–Crippen MR) is 75.7 cm³/mol. The molecule has 0 heterocycles. The Bertz CT molecular complexity index is 395. The topological polar surface area (TPSA) is 108 Å². The van der Waals surface area contributed by atoms with E-state index in [4.69, 9.17) is 14.2 Å². The van der Waals surface area contributed by atoms with E-state index in [1.807, 2.05) is 0 Å². The standard InChI is InChI=1S/C14H23NO7/c1-4-20-13(18)9-11(14(19)21-5-2)15-12(17)7-6-8-22-10(3)16/h11H,4-9H2,1-3H3,(H,15,17). The molecule has 0 saturated carbocycles. The Balaban J connectivity index is 4.36. The van der Waals surface area contributed by atoms with Gasteiger partial charge >= 0.3 is 17.9 Å². The Morgan fingerprint density at radius 1 is 1.00 bits per heavy atom. The smallest absolute Gasteiger partial charge is 0.329 e. The zero-order valence-electron chi connectivity index (χ0n) is 13.2. The van der Waals surface area contributed by atoms with Crippen LogP contribution in [0, 0.1) is 0 Å². The highest BCUT2D eigenvalue weighted by Gasteiger charge is 2.25. The molecule has 1 unspecified atom stereocenters. The molecular weight excluding hydrogens is 294 g/mol. The third kappa shape index (κ3) is 9.73. The summed E-state index contributed by atoms with van der Waals surface area (Å²) in [5.41, 5.74) is 0. The van der Waals surface area contributed by atoms with Crippen LogP contribution in [0.4, 0.5) is 0 Å². The van der Waals surface area contributed by atoms with Crippen molar-refractivity contribution < 1.29 is 33.4 Å². The van der Waals surface area contributed by atoms with E-state index in [1.165, 1.54) is 6.92 Å². The fourth-order valence-electron chi connectivity index (χ4n) is 1.54. The first-order chi connectivity index (χ1) is 10.4. The van der Waals surface area contributed by atoms with Crippen LogP contribution in [-0.4, -0.2) is 49.7 Å². The quantitative estimate of drug-likeness (QED) is 0.351. The molecule has 0 aromatic rings. The summed E-state index contributed by atoms with van der Waals surface area (Å²) in [4.78, 5) is 45.5. The number of carbonyl (C=O) groups excluding carboxylic acids is 4. The normalized spacial score (nSPS) is 11.2. The fourth-order valence-corrected chi connectivity index (χ4v) is 1.54. The van der Waals surface area contributed by atoms with Crippen molar-refractivity contribution in [2.75, 3.05) is 19.8 Å². The van der Waals surface area contributed by atoms with Crippen molar-refractivity contribution in [3.63, 3.8) is 0 Å². The summed E-state index contributed by atoms with van der Waals surface area (Å²) in [6.45, 7) is 4.98. The molecule has 0 fully saturated rings. The minimum absolute atomic E-state index is 0.0615. The molecule has 0 bridgehead atoms. The minimum atomic E-state index is -1.08. The minimum Gasteiger partial charge on any atom is -0.466 e. The molecule has 0 aromatic heterocycles. The van der Waals surface area contributed by atoms with Crippen molar-refractivity contribution in [2.24, 2.45) is 0 Å². The van der Waals surface area contributed by atoms with E-state index in [9.17, 15) is 19.2 Å². The van der Waals surface area contributed by atoms with Crippen molar-refractivity contribution in [3.8, 4) is 0 Å². The molecule has 8 heteroatoms. The number of ether oxygens (including phenoxy) is 3. The zero-order chi connectivity index (χ0) is 17.0. The number of rotatable bonds is 10. The number of nitrogens with one attached hydrogen (secondary N) is 1. The molecular formula is C14H23NO7. The summed E-state index contributed by atoms with van der Waals surface area (Å²) in [6, 6.07) is -1.08. The Morgan fingerprint density at radius 3 is 2.18 bits per heavy atom. The van der Waals surface area contributed by atoms with E-state index in [1.54, 1.807) is 13.8 Å². The van der Waals surface area contributed by atoms with Crippen molar-refractivity contribution >= 4 is 23.8 Å². The lowest BCUT2D eigenvalue weighted by molar-refractivity contribution is -0.153. The lowest BCUT2D eigenvalue weighted by Crippen LogP contribution is -2.43. The number of carbonyl (C=O) groups is 4. The van der Waals surface area contributed by atoms with Gasteiger partial charge in [0.1, 0.15) is 6.04 Å². The maximum absolute atomic E-state index is 11.7. The van der Waals surface area contributed by atoms with E-state index in [2.05, 4.69) is 5.32 Å². The van der Waals surface area contributed by atoms with E-state index in [0.717, 1.165) is 0 Å². The van der Waals surface area contributed by atoms with E-state index in [-0.39, 0.29) is 32.7 Å². The summed E-state index contributed by atoms with van der Waals surface area (Å²) in [6.07, 6.45) is 0.0920. The number of hydrogen-bond donors (Lipinski definition) is 1. The van der Waals surface area contributed by atoms with Crippen molar-refractivity contribution in [3.05, 3.63) is 0 Å². The monoisotopic (exact) mass is 317 g/mol. The molecule has 22 heavy (non-hydrogen) atoms. The average Bonchev–Trinajstić information content (AvgIpc) is 2.43. The molecule has 0 aliphatic carbocycles. The van der Waals surface area contributed by atoms with Gasteiger partial charge in [0.25, 0.3) is 0 Å². The van der Waals surface area contributed by atoms with Crippen LogP contribution < -0.4 is 5.32 Å². The van der Waals surface area contributed by atoms with Gasteiger partial charge in [-0.05, 0) is 20.3 Å². The molecule has 0 saturated heterocycles. The zero-order valence-corrected chi connectivity index (χ0v) is 13.2. The summed E-state index contributed by atoms with van der Waals surface area (Å²) in [5.74, 6) is -2.15. The van der Waals surface area contributed by atoms with Gasteiger partial charge in [0.2, 0.25) is 5.91 Å². The third-order valence-corrected chi connectivity index (χ3v) is 2.44. The van der Waals surface area contributed by atoms with E-state index >= 15 is 0 Å². The molecule has 1 amide bonds. The molecule has 8 nitrogen and oxygen atoms in total. The molecule has 0 spiro atoms. The summed E-state index contributed by atoms with van der Waals surface area (Å²) in [7, 11) is 0. The van der Waals surface area contributed by atoms with Gasteiger partial charge in [0.15, 0.2) is 0 Å². The van der Waals surface area contributed by atoms with Crippen LogP contribution >= 0.6 is 0 Å². The molecule has 0 aliphatic heterocycles. The fraction of sp³-hybridized carbons (Fsp3) is 0.714. The number of esters is 3. The first-order valence-corrected chi connectivity index (χ1v) is 7.15. The number of amides is 1. The van der Waals surface area contributed by atoms with Gasteiger partial charge in [-0.2, -0.15) is 0 Å². The lowest BCUT2D eigenvalue weighted by Gasteiger charge is -2.16. The van der Waals surface area contributed by atoms with Crippen molar-refractivity contribution in [1.29, 1.82) is 0 Å². The highest BCUT2D eigenvalue weighted by molar-refractivity contribution is 5.88. The van der Waals surface area contributed by atoms with Gasteiger partial charge in [-0.1, -0.05) is 0 Å². The van der Waals surface area contributed by atoms with Gasteiger partial charge in [0, 0.05) is 13.3 Å². The van der Waals surface area contributed by atoms with Gasteiger partial charge in [-0.25, -0.2) is 4.79 Å². The second-order valence-electron chi connectivity index (χ2n) is 4.32. The van der Waals surface area contributed by atoms with Crippen molar-refractivity contribution in [2.45, 2.75) is 46.1 Å². The van der Waals surface area contributed by atoms with Crippen LogP contribution in [0.25, 0.3) is 0 Å². The largest absolute Gasteiger partial charge is 0.466 e. The molecule has 0 aromatic carbocycles. The maximum Gasteiger partial charge on any atom is 0.329 e. The Hall–Kier alpha value is -2.12. The molecule has 0 radical (unpaired) electrons. The Morgan fingerprint density at radius 2 is 1.64 bits per heavy atom. The molecule has 126 valence electrons. The molecule has 0 aliphatic rings. The maximum atomic E-state index is 11.7. The first kappa shape index (κ1) is 19.9.